The van der Waals surface area contributed by atoms with E-state index in [9.17, 15) is 9.59 Å². The monoisotopic (exact) mass is 539 g/mol. The molecule has 0 radical (unpaired) electrons. The lowest BCUT2D eigenvalue weighted by Crippen LogP contribution is -2.39. The average Bonchev–Trinajstić information content (AvgIpc) is 3.51. The van der Waals surface area contributed by atoms with E-state index in [-0.39, 0.29) is 29.3 Å². The van der Waals surface area contributed by atoms with Crippen LogP contribution in [0.5, 0.6) is 0 Å². The maximum absolute atomic E-state index is 15.3. The first-order valence-corrected chi connectivity index (χ1v) is 13.9. The van der Waals surface area contributed by atoms with Crippen LogP contribution in [-0.2, 0) is 11.2 Å². The molecule has 7 rings (SSSR count). The SMILES string of the molecule is C[C@@H]1c2ccccc2CCN1C(=O)c1cc(C2CC2)n2nc(-c3ccc(N4CC[C@H](C(N)=O)C4)nc3F)cc2n1. The Kier molecular flexibility index (Phi) is 5.80. The molecule has 0 spiro atoms. The van der Waals surface area contributed by atoms with Crippen LogP contribution >= 0.6 is 0 Å². The molecule has 9 nitrogen and oxygen atoms in total. The molecule has 0 bridgehead atoms. The van der Waals surface area contributed by atoms with Gasteiger partial charge in [-0.1, -0.05) is 24.3 Å². The van der Waals surface area contributed by atoms with Gasteiger partial charge in [0.2, 0.25) is 11.9 Å². The Morgan fingerprint density at radius 3 is 2.60 bits per heavy atom. The van der Waals surface area contributed by atoms with E-state index in [2.05, 4.69) is 24.0 Å². The van der Waals surface area contributed by atoms with E-state index in [0.29, 0.717) is 54.8 Å². The minimum Gasteiger partial charge on any atom is -0.369 e. The molecule has 204 valence electrons. The minimum absolute atomic E-state index is 0.0483. The summed E-state index contributed by atoms with van der Waals surface area (Å²) < 4.78 is 17.0. The lowest BCUT2D eigenvalue weighted by Gasteiger charge is -2.35. The molecular weight excluding hydrogens is 509 g/mol. The normalized spacial score (nSPS) is 20.6. The first kappa shape index (κ1) is 24.7. The number of carbonyl (C=O) groups excluding carboxylic acids is 2. The second kappa shape index (κ2) is 9.39. The van der Waals surface area contributed by atoms with Gasteiger partial charge in [-0.2, -0.15) is 9.49 Å². The van der Waals surface area contributed by atoms with Gasteiger partial charge in [-0.3, -0.25) is 9.59 Å². The fourth-order valence-corrected chi connectivity index (χ4v) is 6.10. The van der Waals surface area contributed by atoms with Crippen molar-refractivity contribution in [2.45, 2.75) is 44.6 Å². The third-order valence-electron chi connectivity index (χ3n) is 8.55. The van der Waals surface area contributed by atoms with E-state index < -0.39 is 5.95 Å². The first-order chi connectivity index (χ1) is 19.4. The Morgan fingerprint density at radius 1 is 1.02 bits per heavy atom. The summed E-state index contributed by atoms with van der Waals surface area (Å²) in [6, 6.07) is 15.2. The predicted molar refractivity (Wildman–Crippen MR) is 147 cm³/mol. The van der Waals surface area contributed by atoms with E-state index in [1.807, 2.05) is 28.0 Å². The molecule has 0 unspecified atom stereocenters. The summed E-state index contributed by atoms with van der Waals surface area (Å²) in [4.78, 5) is 37.9. The van der Waals surface area contributed by atoms with Crippen molar-refractivity contribution in [3.8, 4) is 11.3 Å². The van der Waals surface area contributed by atoms with Gasteiger partial charge in [-0.15, -0.1) is 0 Å². The van der Waals surface area contributed by atoms with Gasteiger partial charge in [-0.25, -0.2) is 14.5 Å². The zero-order chi connectivity index (χ0) is 27.5. The summed E-state index contributed by atoms with van der Waals surface area (Å²) in [7, 11) is 0. The zero-order valence-electron chi connectivity index (χ0n) is 22.3. The van der Waals surface area contributed by atoms with Crippen LogP contribution in [0.15, 0.2) is 48.5 Å². The number of rotatable bonds is 5. The van der Waals surface area contributed by atoms with Crippen LogP contribution < -0.4 is 10.6 Å². The van der Waals surface area contributed by atoms with Crippen LogP contribution in [0.3, 0.4) is 0 Å². The number of carbonyl (C=O) groups is 2. The van der Waals surface area contributed by atoms with Crippen molar-refractivity contribution in [1.82, 2.24) is 24.5 Å². The quantitative estimate of drug-likeness (QED) is 0.386. The fourth-order valence-electron chi connectivity index (χ4n) is 6.10. The Bertz CT molecular complexity index is 1660. The maximum atomic E-state index is 15.3. The first-order valence-electron chi connectivity index (χ1n) is 13.9. The van der Waals surface area contributed by atoms with Crippen LogP contribution in [0.4, 0.5) is 10.2 Å². The fraction of sp³-hybridized carbons (Fsp3) is 0.367. The van der Waals surface area contributed by atoms with Crippen LogP contribution in [-0.4, -0.2) is 55.9 Å². The number of primary amides is 1. The molecule has 5 heterocycles. The van der Waals surface area contributed by atoms with Gasteiger partial charge in [0, 0.05) is 37.3 Å². The van der Waals surface area contributed by atoms with E-state index >= 15 is 4.39 Å². The number of aromatic nitrogens is 4. The van der Waals surface area contributed by atoms with Crippen molar-refractivity contribution in [2.75, 3.05) is 24.5 Å². The van der Waals surface area contributed by atoms with Crippen molar-refractivity contribution in [2.24, 2.45) is 11.7 Å². The van der Waals surface area contributed by atoms with E-state index in [1.54, 1.807) is 22.7 Å². The predicted octanol–water partition coefficient (Wildman–Crippen LogP) is 3.88. The molecule has 10 heteroatoms. The summed E-state index contributed by atoms with van der Waals surface area (Å²) >= 11 is 0. The summed E-state index contributed by atoms with van der Waals surface area (Å²) in [6.07, 6.45) is 3.47. The molecule has 1 aromatic carbocycles. The van der Waals surface area contributed by atoms with E-state index in [1.165, 1.54) is 11.1 Å². The molecule has 2 N–H and O–H groups in total. The largest absolute Gasteiger partial charge is 0.369 e. The molecule has 2 amide bonds. The summed E-state index contributed by atoms with van der Waals surface area (Å²) in [5.74, 6) is -0.589. The summed E-state index contributed by atoms with van der Waals surface area (Å²) in [6.45, 7) is 3.72. The van der Waals surface area contributed by atoms with Crippen molar-refractivity contribution in [3.05, 3.63) is 77.0 Å². The topological polar surface area (TPSA) is 110 Å². The lowest BCUT2D eigenvalue weighted by molar-refractivity contribution is -0.121. The van der Waals surface area contributed by atoms with Crippen LogP contribution in [0.1, 0.15) is 65.5 Å². The number of benzene rings is 1. The molecule has 1 aliphatic carbocycles. The highest BCUT2D eigenvalue weighted by molar-refractivity contribution is 5.93. The molecule has 4 aromatic rings. The Hall–Kier alpha value is -4.34. The van der Waals surface area contributed by atoms with E-state index in [0.717, 1.165) is 25.0 Å². The molecule has 1 saturated heterocycles. The summed E-state index contributed by atoms with van der Waals surface area (Å²) in [5, 5.41) is 4.70. The van der Waals surface area contributed by atoms with Crippen molar-refractivity contribution >= 4 is 23.3 Å². The van der Waals surface area contributed by atoms with Crippen LogP contribution in [0, 0.1) is 11.9 Å². The number of nitrogens with zero attached hydrogens (tertiary/aromatic N) is 6. The van der Waals surface area contributed by atoms with Crippen LogP contribution in [0.2, 0.25) is 0 Å². The van der Waals surface area contributed by atoms with Gasteiger partial charge < -0.3 is 15.5 Å². The number of halogens is 1. The molecule has 2 atom stereocenters. The smallest absolute Gasteiger partial charge is 0.273 e. The molecule has 1 saturated carbocycles. The van der Waals surface area contributed by atoms with Crippen molar-refractivity contribution in [3.63, 3.8) is 0 Å². The molecule has 2 aliphatic heterocycles. The number of nitrogens with two attached hydrogens (primary N) is 1. The lowest BCUT2D eigenvalue weighted by atomic mass is 9.93. The second-order valence-electron chi connectivity index (χ2n) is 11.1. The summed E-state index contributed by atoms with van der Waals surface area (Å²) in [5.41, 5.74) is 10.4. The van der Waals surface area contributed by atoms with Crippen LogP contribution in [0.25, 0.3) is 16.9 Å². The maximum Gasteiger partial charge on any atom is 0.273 e. The molecule has 2 fully saturated rings. The highest BCUT2D eigenvalue weighted by atomic mass is 19.1. The van der Waals surface area contributed by atoms with E-state index in [4.69, 9.17) is 15.8 Å². The molecular formula is C30H30FN7O2. The highest BCUT2D eigenvalue weighted by Crippen LogP contribution is 2.41. The Labute approximate surface area is 230 Å². The number of hydrogen-bond acceptors (Lipinski definition) is 6. The third kappa shape index (κ3) is 4.18. The van der Waals surface area contributed by atoms with Gasteiger partial charge in [0.05, 0.1) is 23.2 Å². The number of anilines is 1. The van der Waals surface area contributed by atoms with Gasteiger partial charge >= 0.3 is 0 Å². The van der Waals surface area contributed by atoms with Gasteiger partial charge in [0.25, 0.3) is 5.91 Å². The van der Waals surface area contributed by atoms with Crippen molar-refractivity contribution < 1.29 is 14.0 Å². The van der Waals surface area contributed by atoms with Gasteiger partial charge in [-0.05, 0) is 61.9 Å². The molecule has 40 heavy (non-hydrogen) atoms. The second-order valence-corrected chi connectivity index (χ2v) is 11.1. The highest BCUT2D eigenvalue weighted by Gasteiger charge is 2.33. The standard InChI is InChI=1S/C30H30FN7O2/c1-17-21-5-3-2-4-18(21)11-13-37(17)30(40)24-14-25(19-6-7-19)38-27(33-24)15-23(35-38)22-8-9-26(34-28(22)31)36-12-10-20(16-36)29(32)39/h2-5,8-9,14-15,17,19-20H,6-7,10-13,16H2,1H3,(H2,32,39)/t17-,20+/m1/s1. The minimum atomic E-state index is -0.645. The zero-order valence-corrected chi connectivity index (χ0v) is 22.3. The number of hydrogen-bond donors (Lipinski definition) is 1. The number of amides is 2. The molecule has 3 aromatic heterocycles. The van der Waals surface area contributed by atoms with Gasteiger partial charge in [0.1, 0.15) is 11.5 Å². The third-order valence-corrected chi connectivity index (χ3v) is 8.55. The van der Waals surface area contributed by atoms with Gasteiger partial charge in [0.15, 0.2) is 5.65 Å². The Balaban J connectivity index is 1.21. The Morgan fingerprint density at radius 2 is 1.85 bits per heavy atom. The average molecular weight is 540 g/mol. The number of fused-ring (bicyclic) bond motifs is 2. The molecule has 3 aliphatic rings. The number of pyridine rings is 1. The van der Waals surface area contributed by atoms with Crippen molar-refractivity contribution in [1.29, 1.82) is 0 Å².